The maximum atomic E-state index is 11.4. The number of aromatic amines is 1. The summed E-state index contributed by atoms with van der Waals surface area (Å²) in [6, 6.07) is 14.7. The van der Waals surface area contributed by atoms with Gasteiger partial charge in [0, 0.05) is 44.4 Å². The number of aromatic nitrogens is 2. The number of para-hydroxylation sites is 1. The number of carbonyl (C=O) groups excluding carboxylic acids is 1. The van der Waals surface area contributed by atoms with Crippen LogP contribution >= 0.6 is 0 Å². The molecule has 128 valence electrons. The minimum atomic E-state index is 0.162. The van der Waals surface area contributed by atoms with Crippen LogP contribution in [0.1, 0.15) is 12.5 Å². The first-order chi connectivity index (χ1) is 12.1. The molecule has 0 saturated carbocycles. The number of nitrogens with one attached hydrogen (secondary N) is 1. The first-order valence-corrected chi connectivity index (χ1v) is 8.68. The first-order valence-electron chi connectivity index (χ1n) is 8.68. The molecule has 0 spiro atoms. The molecule has 1 aliphatic heterocycles. The van der Waals surface area contributed by atoms with E-state index < -0.39 is 0 Å². The van der Waals surface area contributed by atoms with Crippen molar-refractivity contribution in [2.24, 2.45) is 0 Å². The van der Waals surface area contributed by atoms with Crippen LogP contribution in [-0.2, 0) is 4.79 Å². The molecule has 25 heavy (non-hydrogen) atoms. The van der Waals surface area contributed by atoms with Gasteiger partial charge >= 0.3 is 0 Å². The number of imidazole rings is 1. The van der Waals surface area contributed by atoms with Crippen molar-refractivity contribution in [1.29, 1.82) is 0 Å². The monoisotopic (exact) mass is 334 g/mol. The van der Waals surface area contributed by atoms with Gasteiger partial charge in [0.25, 0.3) is 0 Å². The van der Waals surface area contributed by atoms with Crippen molar-refractivity contribution in [3.63, 3.8) is 0 Å². The Hall–Kier alpha value is -2.82. The summed E-state index contributed by atoms with van der Waals surface area (Å²) >= 11 is 0. The Kier molecular flexibility index (Phi) is 3.92. The number of nitrogens with zero attached hydrogens (tertiary/aromatic N) is 3. The Morgan fingerprint density at radius 3 is 2.40 bits per heavy atom. The van der Waals surface area contributed by atoms with Gasteiger partial charge in [-0.3, -0.25) is 4.79 Å². The van der Waals surface area contributed by atoms with Gasteiger partial charge < -0.3 is 14.8 Å². The fraction of sp³-hybridized carbons (Fsp3) is 0.300. The number of rotatable bonds is 2. The van der Waals surface area contributed by atoms with Crippen LogP contribution in [0.5, 0.6) is 0 Å². The number of benzene rings is 2. The summed E-state index contributed by atoms with van der Waals surface area (Å²) in [4.78, 5) is 23.8. The maximum Gasteiger partial charge on any atom is 0.219 e. The molecule has 1 amide bonds. The summed E-state index contributed by atoms with van der Waals surface area (Å²) in [5.74, 6) is 1.06. The zero-order chi connectivity index (χ0) is 17.4. The van der Waals surface area contributed by atoms with Gasteiger partial charge in [0.1, 0.15) is 5.82 Å². The third kappa shape index (κ3) is 2.97. The van der Waals surface area contributed by atoms with E-state index in [9.17, 15) is 4.79 Å². The second-order valence-electron chi connectivity index (χ2n) is 6.60. The Balaban J connectivity index is 1.54. The second-order valence-corrected chi connectivity index (χ2v) is 6.60. The lowest BCUT2D eigenvalue weighted by molar-refractivity contribution is -0.129. The molecule has 2 heterocycles. The average Bonchev–Trinajstić information content (AvgIpc) is 3.08. The smallest absolute Gasteiger partial charge is 0.219 e. The van der Waals surface area contributed by atoms with E-state index in [0.29, 0.717) is 0 Å². The van der Waals surface area contributed by atoms with Crippen molar-refractivity contribution in [2.75, 3.05) is 31.1 Å². The average molecular weight is 334 g/mol. The minimum absolute atomic E-state index is 0.162. The van der Waals surface area contributed by atoms with E-state index >= 15 is 0 Å². The molecule has 2 aromatic carbocycles. The van der Waals surface area contributed by atoms with Crippen molar-refractivity contribution in [3.8, 4) is 11.4 Å². The molecule has 0 bridgehead atoms. The summed E-state index contributed by atoms with van der Waals surface area (Å²) in [6.07, 6.45) is 0. The Morgan fingerprint density at radius 2 is 1.76 bits per heavy atom. The zero-order valence-electron chi connectivity index (χ0n) is 14.6. The van der Waals surface area contributed by atoms with Gasteiger partial charge in [0.15, 0.2) is 0 Å². The molecule has 1 saturated heterocycles. The number of H-pyrrole nitrogens is 1. The van der Waals surface area contributed by atoms with Crippen molar-refractivity contribution in [3.05, 3.63) is 48.0 Å². The zero-order valence-corrected chi connectivity index (χ0v) is 14.6. The number of fused-ring (bicyclic) bond motifs is 1. The van der Waals surface area contributed by atoms with Gasteiger partial charge in [0.2, 0.25) is 5.91 Å². The molecule has 3 aromatic rings. The van der Waals surface area contributed by atoms with Crippen LogP contribution in [0.3, 0.4) is 0 Å². The molecule has 0 aliphatic carbocycles. The van der Waals surface area contributed by atoms with E-state index in [2.05, 4.69) is 53.2 Å². The molecule has 1 aliphatic rings. The molecular formula is C20H22N4O. The van der Waals surface area contributed by atoms with Gasteiger partial charge in [-0.05, 0) is 42.8 Å². The van der Waals surface area contributed by atoms with Gasteiger partial charge in [0.05, 0.1) is 11.0 Å². The molecule has 0 radical (unpaired) electrons. The predicted octanol–water partition coefficient (Wildman–Crippen LogP) is 3.21. The Labute approximate surface area is 147 Å². The predicted molar refractivity (Wildman–Crippen MR) is 101 cm³/mol. The highest BCUT2D eigenvalue weighted by atomic mass is 16.2. The summed E-state index contributed by atoms with van der Waals surface area (Å²) < 4.78 is 0. The summed E-state index contributed by atoms with van der Waals surface area (Å²) in [6.45, 7) is 7.06. The van der Waals surface area contributed by atoms with Crippen molar-refractivity contribution >= 4 is 22.6 Å². The molecule has 5 nitrogen and oxygen atoms in total. The standard InChI is InChI=1S/C20H22N4O/c1-14-4-3-5-18-19(14)22-20(21-18)16-6-8-17(9-7-16)24-12-10-23(11-13-24)15(2)25/h3-9H,10-13H2,1-2H3,(H,21,22). The lowest BCUT2D eigenvalue weighted by Gasteiger charge is -2.35. The highest BCUT2D eigenvalue weighted by Crippen LogP contribution is 2.25. The summed E-state index contributed by atoms with van der Waals surface area (Å²) in [5, 5.41) is 0. The quantitative estimate of drug-likeness (QED) is 0.783. The molecular weight excluding hydrogens is 312 g/mol. The molecule has 1 N–H and O–H groups in total. The second kappa shape index (κ2) is 6.24. The van der Waals surface area contributed by atoms with Crippen LogP contribution in [0.4, 0.5) is 5.69 Å². The van der Waals surface area contributed by atoms with E-state index in [-0.39, 0.29) is 5.91 Å². The van der Waals surface area contributed by atoms with Crippen LogP contribution in [0.2, 0.25) is 0 Å². The fourth-order valence-electron chi connectivity index (χ4n) is 3.42. The number of hydrogen-bond donors (Lipinski definition) is 1. The van der Waals surface area contributed by atoms with Crippen LogP contribution < -0.4 is 4.90 Å². The van der Waals surface area contributed by atoms with Crippen molar-refractivity contribution in [2.45, 2.75) is 13.8 Å². The van der Waals surface area contributed by atoms with Crippen molar-refractivity contribution < 1.29 is 4.79 Å². The number of hydrogen-bond acceptors (Lipinski definition) is 3. The molecule has 5 heteroatoms. The topological polar surface area (TPSA) is 52.2 Å². The van der Waals surface area contributed by atoms with Crippen LogP contribution in [0.15, 0.2) is 42.5 Å². The third-order valence-corrected chi connectivity index (χ3v) is 4.95. The number of aryl methyl sites for hydroxylation is 1. The number of amides is 1. The third-order valence-electron chi connectivity index (χ3n) is 4.95. The van der Waals surface area contributed by atoms with Crippen LogP contribution in [0.25, 0.3) is 22.4 Å². The lowest BCUT2D eigenvalue weighted by atomic mass is 10.1. The lowest BCUT2D eigenvalue weighted by Crippen LogP contribution is -2.48. The SMILES string of the molecule is CC(=O)N1CCN(c2ccc(-c3nc4c(C)cccc4[nH]3)cc2)CC1. The van der Waals surface area contributed by atoms with E-state index in [1.165, 1.54) is 11.3 Å². The summed E-state index contributed by atoms with van der Waals surface area (Å²) in [7, 11) is 0. The van der Waals surface area contributed by atoms with Gasteiger partial charge in [-0.25, -0.2) is 4.98 Å². The largest absolute Gasteiger partial charge is 0.368 e. The maximum absolute atomic E-state index is 11.4. The van der Waals surface area contributed by atoms with Crippen molar-refractivity contribution in [1.82, 2.24) is 14.9 Å². The first kappa shape index (κ1) is 15.7. The molecule has 1 aromatic heterocycles. The minimum Gasteiger partial charge on any atom is -0.368 e. The van der Waals surface area contributed by atoms with E-state index in [1.807, 2.05) is 11.0 Å². The van der Waals surface area contributed by atoms with E-state index in [0.717, 1.165) is 48.6 Å². The number of piperazine rings is 1. The Morgan fingerprint density at radius 1 is 1.04 bits per heavy atom. The van der Waals surface area contributed by atoms with Gasteiger partial charge in [-0.15, -0.1) is 0 Å². The Bertz CT molecular complexity index is 905. The van der Waals surface area contributed by atoms with Crippen LogP contribution in [-0.4, -0.2) is 47.0 Å². The highest BCUT2D eigenvalue weighted by molar-refractivity contribution is 5.82. The summed E-state index contributed by atoms with van der Waals surface area (Å²) in [5.41, 5.74) is 5.56. The molecule has 0 atom stereocenters. The molecule has 4 rings (SSSR count). The van der Waals surface area contributed by atoms with Gasteiger partial charge in [-0.1, -0.05) is 12.1 Å². The van der Waals surface area contributed by atoms with E-state index in [1.54, 1.807) is 6.92 Å². The molecule has 0 unspecified atom stereocenters. The number of carbonyl (C=O) groups is 1. The van der Waals surface area contributed by atoms with Crippen LogP contribution in [0, 0.1) is 6.92 Å². The molecule has 1 fully saturated rings. The highest BCUT2D eigenvalue weighted by Gasteiger charge is 2.18. The van der Waals surface area contributed by atoms with Gasteiger partial charge in [-0.2, -0.15) is 0 Å². The number of anilines is 1. The fourth-order valence-corrected chi connectivity index (χ4v) is 3.42. The van der Waals surface area contributed by atoms with E-state index in [4.69, 9.17) is 4.98 Å². The normalized spacial score (nSPS) is 15.0.